The second kappa shape index (κ2) is 9.84. The van der Waals surface area contributed by atoms with Crippen LogP contribution in [0, 0.1) is 5.41 Å². The lowest BCUT2D eigenvalue weighted by atomic mass is 9.71. The molecule has 1 aliphatic rings. The molecule has 29 heavy (non-hydrogen) atoms. The topological polar surface area (TPSA) is 110 Å². The predicted octanol–water partition coefficient (Wildman–Crippen LogP) is 2.81. The maximum absolute atomic E-state index is 12.7. The Morgan fingerprint density at radius 2 is 1.69 bits per heavy atom. The van der Waals surface area contributed by atoms with Gasteiger partial charge in [0.15, 0.2) is 0 Å². The first-order chi connectivity index (χ1) is 13.4. The number of carbonyl (C=O) groups is 3. The summed E-state index contributed by atoms with van der Waals surface area (Å²) in [6.45, 7) is 11.0. The first kappa shape index (κ1) is 24.6. The fourth-order valence-corrected chi connectivity index (χ4v) is 4.07. The molecule has 0 N–H and O–H groups in total. The first-order valence-electron chi connectivity index (χ1n) is 8.93. The number of hydrogen-bond donors (Lipinski definition) is 0. The molecule has 0 fully saturated rings. The molecule has 162 valence electrons. The molecule has 0 heterocycles. The van der Waals surface area contributed by atoms with Crippen LogP contribution >= 0.6 is 0 Å². The number of allylic oxidation sites excluding steroid dienone is 1. The lowest BCUT2D eigenvalue weighted by Crippen LogP contribution is -2.62. The normalized spacial score (nSPS) is 21.7. The number of ketones is 1. The Hall–Kier alpha value is -2.46. The van der Waals surface area contributed by atoms with Crippen molar-refractivity contribution in [3.8, 4) is 0 Å². The Morgan fingerprint density at radius 1 is 1.21 bits per heavy atom. The SMILES string of the molecule is C=CCOC(=O)N(C(=O)OCC=C)N([C@@H]1C=C(C)CC[C@@]1(C)C(C)=O)S(C)(=O)=O. The minimum absolute atomic E-state index is 0.259. The minimum Gasteiger partial charge on any atom is -0.444 e. The molecule has 2 amide bonds. The molecule has 1 aliphatic carbocycles. The van der Waals surface area contributed by atoms with Crippen molar-refractivity contribution in [2.24, 2.45) is 5.41 Å². The third-order valence-corrected chi connectivity index (χ3v) is 5.78. The van der Waals surface area contributed by atoms with E-state index < -0.39 is 33.7 Å². The molecule has 0 saturated carbocycles. The average Bonchev–Trinajstić information content (AvgIpc) is 2.63. The summed E-state index contributed by atoms with van der Waals surface area (Å²) in [7, 11) is -4.22. The molecule has 0 aliphatic heterocycles. The van der Waals surface area contributed by atoms with Crippen molar-refractivity contribution in [1.82, 2.24) is 9.42 Å². The van der Waals surface area contributed by atoms with E-state index in [2.05, 4.69) is 13.2 Å². The second-order valence-corrected chi connectivity index (χ2v) is 8.85. The van der Waals surface area contributed by atoms with Crippen molar-refractivity contribution < 1.29 is 32.3 Å². The quantitative estimate of drug-likeness (QED) is 0.432. The van der Waals surface area contributed by atoms with Gasteiger partial charge < -0.3 is 9.47 Å². The first-order valence-corrected chi connectivity index (χ1v) is 10.8. The van der Waals surface area contributed by atoms with Crippen molar-refractivity contribution >= 4 is 28.0 Å². The number of carbonyl (C=O) groups excluding carboxylic acids is 3. The Kier molecular flexibility index (Phi) is 8.34. The standard InChI is InChI=1S/C19H28N2O7S/c1-7-11-27-17(23)20(18(24)28-12-8-2)21(29(6,25)26)16-13-14(3)9-10-19(16,5)15(4)22/h7-8,13,16H,1-2,9-12H2,3-6H3/t16-,19+/m1/s1. The van der Waals surface area contributed by atoms with E-state index in [-0.39, 0.29) is 24.0 Å². The molecule has 10 heteroatoms. The van der Waals surface area contributed by atoms with Gasteiger partial charge in [-0.05, 0) is 26.7 Å². The molecule has 0 aromatic heterocycles. The number of sulfonamides is 1. The third kappa shape index (κ3) is 5.77. The van der Waals surface area contributed by atoms with Gasteiger partial charge in [-0.2, -0.15) is 0 Å². The van der Waals surface area contributed by atoms with Crippen molar-refractivity contribution in [2.45, 2.75) is 39.7 Å². The highest BCUT2D eigenvalue weighted by atomic mass is 32.2. The summed E-state index contributed by atoms with van der Waals surface area (Å²) in [6, 6.07) is -1.13. The van der Waals surface area contributed by atoms with E-state index in [1.807, 2.05) is 0 Å². The smallest absolute Gasteiger partial charge is 0.435 e. The van der Waals surface area contributed by atoms with Crippen LogP contribution in [0.3, 0.4) is 0 Å². The van der Waals surface area contributed by atoms with Crippen LogP contribution in [0.2, 0.25) is 0 Å². The zero-order valence-electron chi connectivity index (χ0n) is 17.2. The average molecular weight is 429 g/mol. The number of imide groups is 1. The maximum atomic E-state index is 12.7. The van der Waals surface area contributed by atoms with Crippen molar-refractivity contribution in [2.75, 3.05) is 19.5 Å². The van der Waals surface area contributed by atoms with E-state index >= 15 is 0 Å². The molecule has 0 radical (unpaired) electrons. The molecule has 0 bridgehead atoms. The summed E-state index contributed by atoms with van der Waals surface area (Å²) < 4.78 is 35.8. The summed E-state index contributed by atoms with van der Waals surface area (Å²) in [4.78, 5) is 37.7. The van der Waals surface area contributed by atoms with E-state index in [1.165, 1.54) is 19.1 Å². The van der Waals surface area contributed by atoms with Gasteiger partial charge in [0, 0.05) is 5.41 Å². The highest BCUT2D eigenvalue weighted by Gasteiger charge is 2.51. The lowest BCUT2D eigenvalue weighted by molar-refractivity contribution is -0.130. The third-order valence-electron chi connectivity index (χ3n) is 4.71. The fourth-order valence-electron chi connectivity index (χ4n) is 2.93. The predicted molar refractivity (Wildman–Crippen MR) is 107 cm³/mol. The van der Waals surface area contributed by atoms with E-state index in [9.17, 15) is 22.8 Å². The molecule has 0 aromatic carbocycles. The van der Waals surface area contributed by atoms with Crippen LogP contribution in [0.25, 0.3) is 0 Å². The van der Waals surface area contributed by atoms with Gasteiger partial charge in [0.25, 0.3) is 0 Å². The molecule has 0 aromatic rings. The van der Waals surface area contributed by atoms with E-state index in [4.69, 9.17) is 9.47 Å². The molecule has 0 spiro atoms. The van der Waals surface area contributed by atoms with Gasteiger partial charge in [-0.1, -0.05) is 48.3 Å². The number of hydrazine groups is 1. The molecule has 0 unspecified atom stereocenters. The number of Topliss-reactive ketones (excluding diaryl/α,β-unsaturated/α-hetero) is 1. The van der Waals surface area contributed by atoms with Gasteiger partial charge >= 0.3 is 12.2 Å². The van der Waals surface area contributed by atoms with E-state index in [0.29, 0.717) is 17.3 Å². The van der Waals surface area contributed by atoms with Gasteiger partial charge in [-0.15, -0.1) is 5.01 Å². The maximum Gasteiger partial charge on any atom is 0.435 e. The van der Waals surface area contributed by atoms with Crippen LogP contribution in [-0.2, 0) is 24.3 Å². The van der Waals surface area contributed by atoms with Gasteiger partial charge in [0.1, 0.15) is 19.0 Å². The van der Waals surface area contributed by atoms with Crippen LogP contribution in [0.4, 0.5) is 9.59 Å². The summed E-state index contributed by atoms with van der Waals surface area (Å²) >= 11 is 0. The number of rotatable bonds is 8. The van der Waals surface area contributed by atoms with Crippen LogP contribution in [0.1, 0.15) is 33.6 Å². The Balaban J connectivity index is 3.64. The largest absolute Gasteiger partial charge is 0.444 e. The highest BCUT2D eigenvalue weighted by Crippen LogP contribution is 2.40. The Bertz CT molecular complexity index is 794. The van der Waals surface area contributed by atoms with Crippen LogP contribution < -0.4 is 0 Å². The highest BCUT2D eigenvalue weighted by molar-refractivity contribution is 7.88. The summed E-state index contributed by atoms with van der Waals surface area (Å²) in [5.41, 5.74) is -0.348. The molecule has 0 saturated heterocycles. The zero-order chi connectivity index (χ0) is 22.4. The monoisotopic (exact) mass is 428 g/mol. The summed E-state index contributed by atoms with van der Waals surface area (Å²) in [5, 5.41) is 0.267. The van der Waals surface area contributed by atoms with Gasteiger partial charge in [-0.3, -0.25) is 4.79 Å². The van der Waals surface area contributed by atoms with Gasteiger partial charge in [0.2, 0.25) is 10.0 Å². The van der Waals surface area contributed by atoms with Crippen LogP contribution in [0.5, 0.6) is 0 Å². The Labute approximate surface area is 171 Å². The van der Waals surface area contributed by atoms with E-state index in [1.54, 1.807) is 19.9 Å². The summed E-state index contributed by atoms with van der Waals surface area (Å²) in [5.74, 6) is -0.279. The number of ether oxygens (including phenoxy) is 2. The second-order valence-electron chi connectivity index (χ2n) is 7.01. The van der Waals surface area contributed by atoms with Crippen molar-refractivity contribution in [1.29, 1.82) is 0 Å². The lowest BCUT2D eigenvalue weighted by Gasteiger charge is -2.44. The van der Waals surface area contributed by atoms with Crippen LogP contribution in [0.15, 0.2) is 37.0 Å². The molecule has 9 nitrogen and oxygen atoms in total. The van der Waals surface area contributed by atoms with Gasteiger partial charge in [-0.25, -0.2) is 18.0 Å². The van der Waals surface area contributed by atoms with Crippen molar-refractivity contribution in [3.63, 3.8) is 0 Å². The molecular formula is C19H28N2O7S. The number of hydrogen-bond acceptors (Lipinski definition) is 7. The molecular weight excluding hydrogens is 400 g/mol. The number of amides is 2. The minimum atomic E-state index is -4.22. The zero-order valence-corrected chi connectivity index (χ0v) is 18.0. The molecule has 1 rings (SSSR count). The Morgan fingerprint density at radius 3 is 2.07 bits per heavy atom. The fraction of sp³-hybridized carbons (Fsp3) is 0.526. The molecule has 2 atom stereocenters. The number of nitrogens with zero attached hydrogens (tertiary/aromatic N) is 2. The van der Waals surface area contributed by atoms with Crippen LogP contribution in [-0.4, -0.2) is 61.3 Å². The van der Waals surface area contributed by atoms with Crippen molar-refractivity contribution in [3.05, 3.63) is 37.0 Å². The van der Waals surface area contributed by atoms with Gasteiger partial charge in [0.05, 0.1) is 12.3 Å². The van der Waals surface area contributed by atoms with E-state index in [0.717, 1.165) is 11.8 Å². The summed E-state index contributed by atoms with van der Waals surface area (Å²) in [6.07, 6.45) is 3.31.